The molecule has 0 saturated heterocycles. The van der Waals surface area contributed by atoms with Crippen LogP contribution in [-0.4, -0.2) is 12.7 Å². The average molecular weight is 338 g/mol. The van der Waals surface area contributed by atoms with Crippen LogP contribution in [0, 0.1) is 17.4 Å². The van der Waals surface area contributed by atoms with Gasteiger partial charge in [-0.1, -0.05) is 44.5 Å². The van der Waals surface area contributed by atoms with Gasteiger partial charge in [0.05, 0.1) is 6.61 Å². The van der Waals surface area contributed by atoms with E-state index in [4.69, 9.17) is 14.7 Å². The maximum absolute atomic E-state index is 11.7. The van der Waals surface area contributed by atoms with Gasteiger partial charge in [-0.3, -0.25) is 5.32 Å². The number of ether oxygens (including phenoxy) is 2. The molecule has 0 aliphatic heterocycles. The minimum atomic E-state index is -0.430. The van der Waals surface area contributed by atoms with E-state index in [1.807, 2.05) is 43.3 Å². The monoisotopic (exact) mass is 338 g/mol. The van der Waals surface area contributed by atoms with Crippen LogP contribution in [0.4, 0.5) is 10.5 Å². The van der Waals surface area contributed by atoms with Crippen molar-refractivity contribution in [1.82, 2.24) is 0 Å². The smallest absolute Gasteiger partial charge is 0.411 e. The van der Waals surface area contributed by atoms with E-state index in [1.165, 1.54) is 0 Å². The second kappa shape index (κ2) is 9.33. The van der Waals surface area contributed by atoms with Gasteiger partial charge in [0.2, 0.25) is 0 Å². The van der Waals surface area contributed by atoms with E-state index in [-0.39, 0.29) is 0 Å². The van der Waals surface area contributed by atoms with Crippen LogP contribution in [0.15, 0.2) is 48.5 Å². The Morgan fingerprint density at radius 3 is 2.28 bits per heavy atom. The summed E-state index contributed by atoms with van der Waals surface area (Å²) in [4.78, 5) is 11.7. The summed E-state index contributed by atoms with van der Waals surface area (Å²) < 4.78 is 9.93. The fourth-order valence-corrected chi connectivity index (χ4v) is 2.16. The lowest BCUT2D eigenvalue weighted by Gasteiger charge is -2.11. The Hall–Kier alpha value is -3.00. The minimum absolute atomic E-state index is 0.359. The van der Waals surface area contributed by atoms with Crippen LogP contribution in [0.1, 0.15) is 31.4 Å². The summed E-state index contributed by atoms with van der Waals surface area (Å²) in [5.74, 6) is 0.889. The summed E-state index contributed by atoms with van der Waals surface area (Å²) in [6.45, 7) is 4.53. The SMILES string of the molecule is CCC(C)COC(=O)Nc1ccc(Cc2ccc(OC#N)cc2)cc1. The van der Waals surface area contributed by atoms with Crippen LogP contribution in [0.5, 0.6) is 5.75 Å². The number of nitrogens with zero attached hydrogens (tertiary/aromatic N) is 1. The highest BCUT2D eigenvalue weighted by Gasteiger charge is 2.06. The first-order valence-corrected chi connectivity index (χ1v) is 8.28. The van der Waals surface area contributed by atoms with Gasteiger partial charge in [0, 0.05) is 5.69 Å². The van der Waals surface area contributed by atoms with Gasteiger partial charge in [0.25, 0.3) is 6.26 Å². The number of hydrogen-bond donors (Lipinski definition) is 1. The first kappa shape index (κ1) is 18.3. The van der Waals surface area contributed by atoms with E-state index >= 15 is 0 Å². The normalized spacial score (nSPS) is 11.2. The highest BCUT2D eigenvalue weighted by Crippen LogP contribution is 2.17. The molecule has 0 aliphatic rings. The van der Waals surface area contributed by atoms with Gasteiger partial charge in [-0.2, -0.15) is 0 Å². The highest BCUT2D eigenvalue weighted by molar-refractivity contribution is 5.84. The Kier molecular flexibility index (Phi) is 6.85. The molecule has 0 saturated carbocycles. The van der Waals surface area contributed by atoms with Crippen molar-refractivity contribution in [3.05, 3.63) is 59.7 Å². The first-order valence-electron chi connectivity index (χ1n) is 8.28. The molecule has 0 radical (unpaired) electrons. The second-order valence-electron chi connectivity index (χ2n) is 5.95. The number of nitriles is 1. The second-order valence-corrected chi connectivity index (χ2v) is 5.95. The van der Waals surface area contributed by atoms with Gasteiger partial charge in [-0.25, -0.2) is 4.79 Å². The number of carbonyl (C=O) groups excluding carboxylic acids is 1. The largest absolute Gasteiger partial charge is 0.449 e. The quantitative estimate of drug-likeness (QED) is 0.741. The van der Waals surface area contributed by atoms with Crippen molar-refractivity contribution in [2.24, 2.45) is 5.92 Å². The van der Waals surface area contributed by atoms with Crippen LogP contribution in [-0.2, 0) is 11.2 Å². The third kappa shape index (κ3) is 6.19. The molecule has 0 fully saturated rings. The Bertz CT molecular complexity index is 718. The molecule has 2 aromatic rings. The van der Waals surface area contributed by atoms with Crippen LogP contribution in [0.2, 0.25) is 0 Å². The molecule has 0 bridgehead atoms. The summed E-state index contributed by atoms with van der Waals surface area (Å²) >= 11 is 0. The molecular weight excluding hydrogens is 316 g/mol. The molecule has 130 valence electrons. The summed E-state index contributed by atoms with van der Waals surface area (Å²) in [7, 11) is 0. The number of amides is 1. The summed E-state index contributed by atoms with van der Waals surface area (Å²) in [6, 6.07) is 15.0. The van der Waals surface area contributed by atoms with Crippen molar-refractivity contribution in [1.29, 1.82) is 5.26 Å². The molecule has 2 rings (SSSR count). The molecule has 5 nitrogen and oxygen atoms in total. The van der Waals surface area contributed by atoms with Gasteiger partial charge in [-0.05, 0) is 47.7 Å². The van der Waals surface area contributed by atoms with Crippen LogP contribution < -0.4 is 10.1 Å². The maximum Gasteiger partial charge on any atom is 0.411 e. The zero-order valence-electron chi connectivity index (χ0n) is 14.5. The van der Waals surface area contributed by atoms with E-state index in [2.05, 4.69) is 12.2 Å². The van der Waals surface area contributed by atoms with Gasteiger partial charge in [-0.15, -0.1) is 5.26 Å². The third-order valence-corrected chi connectivity index (χ3v) is 3.89. The van der Waals surface area contributed by atoms with Gasteiger partial charge >= 0.3 is 6.09 Å². The van der Waals surface area contributed by atoms with Crippen molar-refractivity contribution >= 4 is 11.8 Å². The number of nitrogens with one attached hydrogen (secondary N) is 1. The topological polar surface area (TPSA) is 71.3 Å². The fourth-order valence-electron chi connectivity index (χ4n) is 2.16. The summed E-state index contributed by atoms with van der Waals surface area (Å²) in [5.41, 5.74) is 2.93. The molecule has 5 heteroatoms. The van der Waals surface area contributed by atoms with E-state index in [0.29, 0.717) is 24.0 Å². The highest BCUT2D eigenvalue weighted by atomic mass is 16.5. The minimum Gasteiger partial charge on any atom is -0.449 e. The Labute approximate surface area is 148 Å². The molecule has 0 heterocycles. The molecule has 0 aromatic heterocycles. The van der Waals surface area contributed by atoms with Crippen LogP contribution in [0.25, 0.3) is 0 Å². The van der Waals surface area contributed by atoms with Gasteiger partial charge in [0.1, 0.15) is 5.75 Å². The van der Waals surface area contributed by atoms with Crippen molar-refractivity contribution in [2.45, 2.75) is 26.7 Å². The molecule has 25 heavy (non-hydrogen) atoms. The molecule has 1 unspecified atom stereocenters. The number of rotatable bonds is 7. The van der Waals surface area contributed by atoms with Crippen LogP contribution in [0.3, 0.4) is 0 Å². The Morgan fingerprint density at radius 2 is 1.72 bits per heavy atom. The van der Waals surface area contributed by atoms with Crippen LogP contribution >= 0.6 is 0 Å². The first-order chi connectivity index (χ1) is 12.1. The van der Waals surface area contributed by atoms with E-state index < -0.39 is 6.09 Å². The zero-order valence-corrected chi connectivity index (χ0v) is 14.5. The summed E-state index contributed by atoms with van der Waals surface area (Å²) in [5, 5.41) is 11.2. The predicted octanol–water partition coefficient (Wildman–Crippen LogP) is 4.73. The Balaban J connectivity index is 1.87. The lowest BCUT2D eigenvalue weighted by Crippen LogP contribution is -2.17. The molecular formula is C20H22N2O3. The van der Waals surface area contributed by atoms with Crippen molar-refractivity contribution in [3.63, 3.8) is 0 Å². The van der Waals surface area contributed by atoms with Crippen molar-refractivity contribution < 1.29 is 14.3 Å². The lowest BCUT2D eigenvalue weighted by atomic mass is 10.0. The molecule has 1 N–H and O–H groups in total. The van der Waals surface area contributed by atoms with Gasteiger partial charge in [0.15, 0.2) is 0 Å². The predicted molar refractivity (Wildman–Crippen MR) is 96.4 cm³/mol. The number of carbonyl (C=O) groups is 1. The lowest BCUT2D eigenvalue weighted by molar-refractivity contribution is 0.143. The van der Waals surface area contributed by atoms with E-state index in [9.17, 15) is 4.79 Å². The van der Waals surface area contributed by atoms with Gasteiger partial charge < -0.3 is 9.47 Å². The third-order valence-electron chi connectivity index (χ3n) is 3.89. The molecule has 0 aliphatic carbocycles. The number of hydrogen-bond acceptors (Lipinski definition) is 4. The molecule has 2 aromatic carbocycles. The average Bonchev–Trinajstić information content (AvgIpc) is 2.63. The van der Waals surface area contributed by atoms with Crippen molar-refractivity contribution in [3.8, 4) is 12.0 Å². The fraction of sp³-hybridized carbons (Fsp3) is 0.300. The van der Waals surface area contributed by atoms with Crippen molar-refractivity contribution in [2.75, 3.05) is 11.9 Å². The molecule has 1 amide bonds. The van der Waals surface area contributed by atoms with E-state index in [1.54, 1.807) is 18.4 Å². The summed E-state index contributed by atoms with van der Waals surface area (Å²) in [6.07, 6.45) is 2.95. The number of benzene rings is 2. The molecule has 0 spiro atoms. The number of anilines is 1. The molecule has 1 atom stereocenters. The maximum atomic E-state index is 11.7. The Morgan fingerprint density at radius 1 is 1.12 bits per heavy atom. The zero-order chi connectivity index (χ0) is 18.1. The van der Waals surface area contributed by atoms with E-state index in [0.717, 1.165) is 24.0 Å². The standard InChI is InChI=1S/C20H22N2O3/c1-3-15(2)13-24-20(23)22-18-8-4-16(5-9-18)12-17-6-10-19(11-7-17)25-14-21/h4-11,15H,3,12-13H2,1-2H3,(H,22,23).